The number of benzene rings is 2. The van der Waals surface area contributed by atoms with E-state index in [-0.39, 0.29) is 11.8 Å². The predicted octanol–water partition coefficient (Wildman–Crippen LogP) is 4.32. The molecule has 3 heteroatoms. The molecule has 1 saturated carbocycles. The topological polar surface area (TPSA) is 23.6 Å². The average molecular weight is 336 g/mol. The largest absolute Gasteiger partial charge is 0.378 e. The van der Waals surface area contributed by atoms with Gasteiger partial charge in [0.2, 0.25) is 0 Å². The van der Waals surface area contributed by atoms with Crippen LogP contribution in [0.2, 0.25) is 0 Å². The molecule has 1 fully saturated rings. The SMILES string of the molecule is CN(C)c1ccc(C(c2ccc(N(C)C)cc2)[C@@H]2CCCC2=O)cc1. The molecular formula is C22H28N2O. The summed E-state index contributed by atoms with van der Waals surface area (Å²) in [7, 11) is 8.19. The van der Waals surface area contributed by atoms with E-state index in [9.17, 15) is 4.79 Å². The Balaban J connectivity index is 1.99. The standard InChI is InChI=1S/C22H28N2O/c1-23(2)18-12-8-16(9-13-18)22(20-6-5-7-21(20)25)17-10-14-19(15-11-17)24(3)4/h8-15,20,22H,5-7H2,1-4H3/t20-/m1/s1. The Morgan fingerprint density at radius 1 is 0.800 bits per heavy atom. The van der Waals surface area contributed by atoms with Gasteiger partial charge in [0.05, 0.1) is 0 Å². The number of carbonyl (C=O) groups is 1. The van der Waals surface area contributed by atoms with Crippen molar-refractivity contribution in [1.82, 2.24) is 0 Å². The lowest BCUT2D eigenvalue weighted by Crippen LogP contribution is -2.19. The van der Waals surface area contributed by atoms with Gasteiger partial charge in [-0.3, -0.25) is 4.79 Å². The zero-order chi connectivity index (χ0) is 18.0. The van der Waals surface area contributed by atoms with E-state index in [1.807, 2.05) is 28.2 Å². The predicted molar refractivity (Wildman–Crippen MR) is 106 cm³/mol. The van der Waals surface area contributed by atoms with Crippen LogP contribution >= 0.6 is 0 Å². The summed E-state index contributed by atoms with van der Waals surface area (Å²) in [4.78, 5) is 16.7. The van der Waals surface area contributed by atoms with Crippen LogP contribution in [-0.2, 0) is 4.79 Å². The highest BCUT2D eigenvalue weighted by molar-refractivity contribution is 5.84. The van der Waals surface area contributed by atoms with Gasteiger partial charge in [0.1, 0.15) is 5.78 Å². The van der Waals surface area contributed by atoms with Crippen molar-refractivity contribution in [3.63, 3.8) is 0 Å². The normalized spacial score (nSPS) is 17.2. The van der Waals surface area contributed by atoms with E-state index in [0.717, 1.165) is 19.3 Å². The zero-order valence-corrected chi connectivity index (χ0v) is 15.7. The maximum atomic E-state index is 12.5. The summed E-state index contributed by atoms with van der Waals surface area (Å²) in [6.45, 7) is 0. The van der Waals surface area contributed by atoms with Gasteiger partial charge >= 0.3 is 0 Å². The molecule has 2 aromatic rings. The van der Waals surface area contributed by atoms with Gasteiger partial charge in [-0.25, -0.2) is 0 Å². The Morgan fingerprint density at radius 3 is 1.56 bits per heavy atom. The van der Waals surface area contributed by atoms with Crippen LogP contribution in [0.1, 0.15) is 36.3 Å². The number of Topliss-reactive ketones (excluding diaryl/α,β-unsaturated/α-hetero) is 1. The summed E-state index contributed by atoms with van der Waals surface area (Å²) in [6.07, 6.45) is 2.74. The molecule has 0 spiro atoms. The first-order valence-corrected chi connectivity index (χ1v) is 9.04. The second-order valence-electron chi connectivity index (χ2n) is 7.41. The Bertz CT molecular complexity index is 665. The summed E-state index contributed by atoms with van der Waals surface area (Å²) in [5.74, 6) is 0.677. The lowest BCUT2D eigenvalue weighted by atomic mass is 9.79. The van der Waals surface area contributed by atoms with Crippen LogP contribution in [-0.4, -0.2) is 34.0 Å². The van der Waals surface area contributed by atoms with Crippen molar-refractivity contribution in [2.24, 2.45) is 5.92 Å². The Morgan fingerprint density at radius 2 is 1.24 bits per heavy atom. The fraction of sp³-hybridized carbons (Fsp3) is 0.409. The van der Waals surface area contributed by atoms with Gasteiger partial charge < -0.3 is 9.80 Å². The molecule has 0 heterocycles. The van der Waals surface area contributed by atoms with Crippen LogP contribution in [0.5, 0.6) is 0 Å². The van der Waals surface area contributed by atoms with E-state index in [1.165, 1.54) is 22.5 Å². The fourth-order valence-electron chi connectivity index (χ4n) is 3.81. The van der Waals surface area contributed by atoms with E-state index in [0.29, 0.717) is 5.78 Å². The van der Waals surface area contributed by atoms with E-state index >= 15 is 0 Å². The van der Waals surface area contributed by atoms with Gasteiger partial charge in [-0.2, -0.15) is 0 Å². The summed E-state index contributed by atoms with van der Waals surface area (Å²) in [6, 6.07) is 17.3. The molecule has 2 aromatic carbocycles. The number of hydrogen-bond acceptors (Lipinski definition) is 3. The molecule has 0 amide bonds. The average Bonchev–Trinajstić information content (AvgIpc) is 3.02. The van der Waals surface area contributed by atoms with Crippen LogP contribution < -0.4 is 9.80 Å². The van der Waals surface area contributed by atoms with Crippen molar-refractivity contribution in [1.29, 1.82) is 0 Å². The summed E-state index contributed by atoms with van der Waals surface area (Å²) >= 11 is 0. The molecule has 1 atom stereocenters. The van der Waals surface area contributed by atoms with E-state index in [1.54, 1.807) is 0 Å². The zero-order valence-electron chi connectivity index (χ0n) is 15.7. The third kappa shape index (κ3) is 3.71. The Kier molecular flexibility index (Phi) is 5.12. The molecule has 0 radical (unpaired) electrons. The first kappa shape index (κ1) is 17.5. The van der Waals surface area contributed by atoms with Crippen molar-refractivity contribution < 1.29 is 4.79 Å². The van der Waals surface area contributed by atoms with Gasteiger partial charge in [-0.1, -0.05) is 24.3 Å². The minimum absolute atomic E-state index is 0.107. The first-order valence-electron chi connectivity index (χ1n) is 9.04. The lowest BCUT2D eigenvalue weighted by Gasteiger charge is -2.25. The van der Waals surface area contributed by atoms with E-state index in [4.69, 9.17) is 0 Å². The van der Waals surface area contributed by atoms with Crippen LogP contribution in [0.4, 0.5) is 11.4 Å². The van der Waals surface area contributed by atoms with Crippen LogP contribution in [0.15, 0.2) is 48.5 Å². The van der Waals surface area contributed by atoms with Gasteiger partial charge in [0.25, 0.3) is 0 Å². The second kappa shape index (κ2) is 7.30. The molecule has 0 aromatic heterocycles. The number of nitrogens with zero attached hydrogens (tertiary/aromatic N) is 2. The number of ketones is 1. The van der Waals surface area contributed by atoms with Gasteiger partial charge in [-0.05, 0) is 48.2 Å². The van der Waals surface area contributed by atoms with Gasteiger partial charge in [-0.15, -0.1) is 0 Å². The second-order valence-corrected chi connectivity index (χ2v) is 7.41. The summed E-state index contributed by atoms with van der Waals surface area (Å²) < 4.78 is 0. The molecule has 1 aliphatic carbocycles. The van der Waals surface area contributed by atoms with Crippen molar-refractivity contribution >= 4 is 17.2 Å². The molecule has 0 saturated heterocycles. The summed E-state index contributed by atoms with van der Waals surface area (Å²) in [5.41, 5.74) is 4.85. The molecule has 3 nitrogen and oxygen atoms in total. The highest BCUT2D eigenvalue weighted by Crippen LogP contribution is 2.40. The monoisotopic (exact) mass is 336 g/mol. The Hall–Kier alpha value is -2.29. The van der Waals surface area contributed by atoms with E-state index in [2.05, 4.69) is 58.3 Å². The maximum absolute atomic E-state index is 12.5. The quantitative estimate of drug-likeness (QED) is 0.812. The first-order chi connectivity index (χ1) is 12.0. The summed E-state index contributed by atoms with van der Waals surface area (Å²) in [5, 5.41) is 0. The molecule has 1 aliphatic rings. The minimum atomic E-state index is 0.107. The number of anilines is 2. The van der Waals surface area contributed by atoms with Crippen molar-refractivity contribution in [3.8, 4) is 0 Å². The molecule has 3 rings (SSSR count). The van der Waals surface area contributed by atoms with Crippen LogP contribution in [0.25, 0.3) is 0 Å². The molecule has 0 aliphatic heterocycles. The van der Waals surface area contributed by atoms with E-state index < -0.39 is 0 Å². The molecule has 132 valence electrons. The molecular weight excluding hydrogens is 308 g/mol. The van der Waals surface area contributed by atoms with Gasteiger partial charge in [0, 0.05) is 57.8 Å². The molecule has 0 N–H and O–H groups in total. The molecule has 0 bridgehead atoms. The lowest BCUT2D eigenvalue weighted by molar-refractivity contribution is -0.121. The van der Waals surface area contributed by atoms with Crippen LogP contribution in [0, 0.1) is 5.92 Å². The number of hydrogen-bond donors (Lipinski definition) is 0. The van der Waals surface area contributed by atoms with Crippen molar-refractivity contribution in [2.45, 2.75) is 25.2 Å². The maximum Gasteiger partial charge on any atom is 0.136 e. The number of carbonyl (C=O) groups excluding carboxylic acids is 1. The Labute approximate surface area is 151 Å². The third-order valence-electron chi connectivity index (χ3n) is 5.29. The highest BCUT2D eigenvalue weighted by atomic mass is 16.1. The van der Waals surface area contributed by atoms with Crippen LogP contribution in [0.3, 0.4) is 0 Å². The van der Waals surface area contributed by atoms with Gasteiger partial charge in [0.15, 0.2) is 0 Å². The molecule has 0 unspecified atom stereocenters. The highest BCUT2D eigenvalue weighted by Gasteiger charge is 2.34. The van der Waals surface area contributed by atoms with Crippen molar-refractivity contribution in [3.05, 3.63) is 59.7 Å². The minimum Gasteiger partial charge on any atom is -0.378 e. The number of rotatable bonds is 5. The molecule has 25 heavy (non-hydrogen) atoms. The third-order valence-corrected chi connectivity index (χ3v) is 5.29. The van der Waals surface area contributed by atoms with Crippen molar-refractivity contribution in [2.75, 3.05) is 38.0 Å². The smallest absolute Gasteiger partial charge is 0.136 e. The fourth-order valence-corrected chi connectivity index (χ4v) is 3.81.